The van der Waals surface area contributed by atoms with Gasteiger partial charge >= 0.3 is 6.03 Å². The number of carbonyl (C=O) groups is 2. The molecule has 1 aromatic heterocycles. The molecule has 138 valence electrons. The number of piperazine rings is 1. The van der Waals surface area contributed by atoms with Crippen LogP contribution in [0.4, 0.5) is 14.9 Å². The van der Waals surface area contributed by atoms with Gasteiger partial charge in [-0.2, -0.15) is 0 Å². The molecule has 3 rings (SSSR count). The van der Waals surface area contributed by atoms with E-state index < -0.39 is 0 Å². The molecule has 1 fully saturated rings. The number of aryl methyl sites for hydroxylation is 2. The second-order valence-electron chi connectivity index (χ2n) is 6.43. The van der Waals surface area contributed by atoms with Crippen LogP contribution < -0.4 is 5.32 Å². The highest BCUT2D eigenvalue weighted by Crippen LogP contribution is 2.23. The Bertz CT molecular complexity index is 821. The molecule has 0 unspecified atom stereocenters. The topological polar surface area (TPSA) is 65.8 Å². The Morgan fingerprint density at radius 3 is 2.08 bits per heavy atom. The van der Waals surface area contributed by atoms with E-state index in [1.54, 1.807) is 16.7 Å². The van der Waals surface area contributed by atoms with Crippen molar-refractivity contribution >= 4 is 17.6 Å². The summed E-state index contributed by atoms with van der Waals surface area (Å²) in [4.78, 5) is 28.5. The Labute approximate surface area is 151 Å². The van der Waals surface area contributed by atoms with E-state index in [9.17, 15) is 14.0 Å². The molecule has 6 nitrogen and oxygen atoms in total. The first-order valence-electron chi connectivity index (χ1n) is 8.54. The zero-order valence-corrected chi connectivity index (χ0v) is 15.1. The highest BCUT2D eigenvalue weighted by molar-refractivity contribution is 5.97. The van der Waals surface area contributed by atoms with Crippen LogP contribution in [-0.4, -0.2) is 47.9 Å². The molecule has 26 heavy (non-hydrogen) atoms. The number of benzene rings is 1. The van der Waals surface area contributed by atoms with Gasteiger partial charge in [0.25, 0.3) is 5.91 Å². The summed E-state index contributed by atoms with van der Waals surface area (Å²) in [6.07, 6.45) is 0. The van der Waals surface area contributed by atoms with Gasteiger partial charge in [0.15, 0.2) is 0 Å². The third-order valence-electron chi connectivity index (χ3n) is 4.72. The van der Waals surface area contributed by atoms with Crippen molar-refractivity contribution in [1.82, 2.24) is 9.80 Å². The van der Waals surface area contributed by atoms with Gasteiger partial charge in [-0.05, 0) is 45.0 Å². The van der Waals surface area contributed by atoms with E-state index >= 15 is 0 Å². The Kier molecular flexibility index (Phi) is 4.97. The Morgan fingerprint density at radius 1 is 0.962 bits per heavy atom. The number of hydrogen-bond acceptors (Lipinski definition) is 3. The van der Waals surface area contributed by atoms with Gasteiger partial charge in [0.1, 0.15) is 17.3 Å². The third-order valence-corrected chi connectivity index (χ3v) is 4.72. The summed E-state index contributed by atoms with van der Waals surface area (Å²) in [7, 11) is 0. The summed E-state index contributed by atoms with van der Waals surface area (Å²) in [6, 6.07) is 5.36. The standard InChI is InChI=1S/C19H22FN3O3/c1-12-13(2)26-14(3)17(12)18(24)22-8-10-23(11-9-22)19(25)21-16-6-4-15(20)5-7-16/h4-7H,8-11H2,1-3H3,(H,21,25). The number of amides is 3. The quantitative estimate of drug-likeness (QED) is 0.894. The second kappa shape index (κ2) is 7.19. The lowest BCUT2D eigenvalue weighted by Gasteiger charge is -2.34. The molecular formula is C19H22FN3O3. The fourth-order valence-electron chi connectivity index (χ4n) is 3.11. The van der Waals surface area contributed by atoms with E-state index in [4.69, 9.17) is 4.42 Å². The summed E-state index contributed by atoms with van der Waals surface area (Å²) in [5.74, 6) is 0.968. The first kappa shape index (κ1) is 18.0. The van der Waals surface area contributed by atoms with Crippen LogP contribution in [0.3, 0.4) is 0 Å². The largest absolute Gasteiger partial charge is 0.466 e. The van der Waals surface area contributed by atoms with Crippen LogP contribution in [0.5, 0.6) is 0 Å². The van der Waals surface area contributed by atoms with E-state index in [-0.39, 0.29) is 17.8 Å². The van der Waals surface area contributed by atoms with Crippen LogP contribution in [0, 0.1) is 26.6 Å². The van der Waals surface area contributed by atoms with E-state index in [0.29, 0.717) is 43.2 Å². The van der Waals surface area contributed by atoms with E-state index in [2.05, 4.69) is 5.32 Å². The molecule has 0 aliphatic carbocycles. The molecule has 0 bridgehead atoms. The molecule has 0 atom stereocenters. The van der Waals surface area contributed by atoms with Crippen molar-refractivity contribution in [3.05, 3.63) is 52.7 Å². The molecule has 0 spiro atoms. The molecule has 1 aliphatic heterocycles. The maximum absolute atomic E-state index is 12.9. The van der Waals surface area contributed by atoms with Crippen LogP contribution >= 0.6 is 0 Å². The molecule has 2 aromatic rings. The maximum atomic E-state index is 12.9. The highest BCUT2D eigenvalue weighted by atomic mass is 19.1. The van der Waals surface area contributed by atoms with Crippen LogP contribution in [0.2, 0.25) is 0 Å². The van der Waals surface area contributed by atoms with Crippen LogP contribution in [-0.2, 0) is 0 Å². The number of nitrogens with zero attached hydrogens (tertiary/aromatic N) is 2. The molecule has 3 amide bonds. The highest BCUT2D eigenvalue weighted by Gasteiger charge is 2.28. The molecule has 0 radical (unpaired) electrons. The van der Waals surface area contributed by atoms with Crippen LogP contribution in [0.25, 0.3) is 0 Å². The molecule has 0 saturated carbocycles. The van der Waals surface area contributed by atoms with E-state index in [0.717, 1.165) is 11.3 Å². The predicted octanol–water partition coefficient (Wildman–Crippen LogP) is 3.33. The minimum atomic E-state index is -0.352. The smallest absolute Gasteiger partial charge is 0.321 e. The van der Waals surface area contributed by atoms with Crippen molar-refractivity contribution < 1.29 is 18.4 Å². The Morgan fingerprint density at radius 2 is 1.54 bits per heavy atom. The summed E-state index contributed by atoms with van der Waals surface area (Å²) in [5.41, 5.74) is 2.02. The third kappa shape index (κ3) is 3.56. The molecule has 7 heteroatoms. The number of halogens is 1. The van der Waals surface area contributed by atoms with E-state index in [1.807, 2.05) is 13.8 Å². The van der Waals surface area contributed by atoms with Gasteiger partial charge in [-0.3, -0.25) is 4.79 Å². The van der Waals surface area contributed by atoms with Crippen molar-refractivity contribution in [2.75, 3.05) is 31.5 Å². The van der Waals surface area contributed by atoms with Gasteiger partial charge in [-0.1, -0.05) is 0 Å². The molecule has 1 aliphatic rings. The number of anilines is 1. The van der Waals surface area contributed by atoms with Gasteiger partial charge in [0, 0.05) is 37.4 Å². The lowest BCUT2D eigenvalue weighted by atomic mass is 10.1. The fraction of sp³-hybridized carbons (Fsp3) is 0.368. The van der Waals surface area contributed by atoms with E-state index in [1.165, 1.54) is 24.3 Å². The SMILES string of the molecule is Cc1oc(C)c(C(=O)N2CCN(C(=O)Nc3ccc(F)cc3)CC2)c1C. The summed E-state index contributed by atoms with van der Waals surface area (Å²) < 4.78 is 18.5. The van der Waals surface area contributed by atoms with Crippen molar-refractivity contribution in [1.29, 1.82) is 0 Å². The zero-order valence-electron chi connectivity index (χ0n) is 15.1. The summed E-state index contributed by atoms with van der Waals surface area (Å²) in [5, 5.41) is 2.74. The minimum absolute atomic E-state index is 0.0598. The first-order chi connectivity index (χ1) is 12.4. The fourth-order valence-corrected chi connectivity index (χ4v) is 3.11. The minimum Gasteiger partial charge on any atom is -0.466 e. The molecule has 2 heterocycles. The Balaban J connectivity index is 1.59. The molecular weight excluding hydrogens is 337 g/mol. The molecule has 1 N–H and O–H groups in total. The number of carbonyl (C=O) groups excluding carboxylic acids is 2. The number of nitrogens with one attached hydrogen (secondary N) is 1. The molecule has 1 aromatic carbocycles. The summed E-state index contributed by atoms with van der Waals surface area (Å²) in [6.45, 7) is 7.31. The van der Waals surface area contributed by atoms with Crippen molar-refractivity contribution in [2.45, 2.75) is 20.8 Å². The average molecular weight is 359 g/mol. The van der Waals surface area contributed by atoms with Crippen molar-refractivity contribution in [3.8, 4) is 0 Å². The Hall–Kier alpha value is -2.83. The lowest BCUT2D eigenvalue weighted by molar-refractivity contribution is 0.0669. The maximum Gasteiger partial charge on any atom is 0.321 e. The summed E-state index contributed by atoms with van der Waals surface area (Å²) >= 11 is 0. The lowest BCUT2D eigenvalue weighted by Crippen LogP contribution is -2.51. The van der Waals surface area contributed by atoms with Gasteiger partial charge in [0.2, 0.25) is 0 Å². The van der Waals surface area contributed by atoms with Gasteiger partial charge in [-0.25, -0.2) is 9.18 Å². The van der Waals surface area contributed by atoms with Gasteiger partial charge < -0.3 is 19.5 Å². The normalized spacial score (nSPS) is 14.5. The van der Waals surface area contributed by atoms with Gasteiger partial charge in [-0.15, -0.1) is 0 Å². The van der Waals surface area contributed by atoms with Crippen molar-refractivity contribution in [2.24, 2.45) is 0 Å². The van der Waals surface area contributed by atoms with Gasteiger partial charge in [0.05, 0.1) is 5.56 Å². The first-order valence-corrected chi connectivity index (χ1v) is 8.54. The molecule has 1 saturated heterocycles. The number of rotatable bonds is 2. The van der Waals surface area contributed by atoms with Crippen LogP contribution in [0.1, 0.15) is 27.4 Å². The number of furan rings is 1. The predicted molar refractivity (Wildman–Crippen MR) is 95.8 cm³/mol. The van der Waals surface area contributed by atoms with Crippen molar-refractivity contribution in [3.63, 3.8) is 0 Å². The average Bonchev–Trinajstić information content (AvgIpc) is 2.88. The van der Waals surface area contributed by atoms with Crippen LogP contribution in [0.15, 0.2) is 28.7 Å². The zero-order chi connectivity index (χ0) is 18.8. The monoisotopic (exact) mass is 359 g/mol. The number of urea groups is 1. The number of hydrogen-bond donors (Lipinski definition) is 1. The second-order valence-corrected chi connectivity index (χ2v) is 6.43.